The van der Waals surface area contributed by atoms with Crippen LogP contribution in [0.1, 0.15) is 29.7 Å². The van der Waals surface area contributed by atoms with E-state index in [2.05, 4.69) is 4.99 Å². The van der Waals surface area contributed by atoms with Crippen molar-refractivity contribution in [2.75, 3.05) is 7.11 Å². The van der Waals surface area contributed by atoms with Gasteiger partial charge in [0, 0.05) is 5.02 Å². The molecular weight excluding hydrogens is 420 g/mol. The molecule has 5 nitrogen and oxygen atoms in total. The highest BCUT2D eigenvalue weighted by Gasteiger charge is 2.34. The van der Waals surface area contributed by atoms with E-state index in [0.29, 0.717) is 31.2 Å². The molecule has 1 aromatic heterocycles. The van der Waals surface area contributed by atoms with Gasteiger partial charge in [0.2, 0.25) is 0 Å². The zero-order valence-electron chi connectivity index (χ0n) is 16.7. The van der Waals surface area contributed by atoms with Crippen molar-refractivity contribution in [1.29, 1.82) is 0 Å². The van der Waals surface area contributed by atoms with Crippen molar-refractivity contribution < 1.29 is 9.53 Å². The summed E-state index contributed by atoms with van der Waals surface area (Å²) >= 11 is 7.75. The molecule has 0 saturated carbocycles. The van der Waals surface area contributed by atoms with Crippen LogP contribution in [0.15, 0.2) is 69.6 Å². The van der Waals surface area contributed by atoms with Crippen molar-refractivity contribution >= 4 is 35.0 Å². The number of fused-ring (bicyclic) bond motifs is 1. The fourth-order valence-corrected chi connectivity index (χ4v) is 4.78. The van der Waals surface area contributed by atoms with Gasteiger partial charge < -0.3 is 4.74 Å². The molecule has 0 fully saturated rings. The Kier molecular flexibility index (Phi) is 5.45. The number of thiazole rings is 1. The van der Waals surface area contributed by atoms with Gasteiger partial charge in [0.05, 0.1) is 22.9 Å². The second-order valence-electron chi connectivity index (χ2n) is 7.01. The molecule has 7 heteroatoms. The average molecular weight is 439 g/mol. The van der Waals surface area contributed by atoms with Crippen LogP contribution < -0.4 is 14.9 Å². The Morgan fingerprint density at radius 1 is 1.17 bits per heavy atom. The van der Waals surface area contributed by atoms with Crippen molar-refractivity contribution in [2.45, 2.75) is 19.9 Å². The number of rotatable bonds is 3. The van der Waals surface area contributed by atoms with Crippen LogP contribution in [0.3, 0.4) is 0 Å². The number of aryl methyl sites for hydroxylation is 1. The molecule has 1 aliphatic rings. The van der Waals surface area contributed by atoms with Crippen LogP contribution in [0.4, 0.5) is 0 Å². The minimum Gasteiger partial charge on any atom is -0.466 e. The molecule has 0 radical (unpaired) electrons. The molecule has 152 valence electrons. The number of hydrogen-bond acceptors (Lipinski definition) is 5. The van der Waals surface area contributed by atoms with Crippen molar-refractivity contribution in [3.05, 3.63) is 101 Å². The van der Waals surface area contributed by atoms with E-state index in [0.717, 1.165) is 11.1 Å². The van der Waals surface area contributed by atoms with Gasteiger partial charge in [-0.2, -0.15) is 0 Å². The number of carbonyl (C=O) groups excluding carboxylic acids is 1. The molecular formula is C23H19ClN2O3S. The first-order valence-corrected chi connectivity index (χ1v) is 10.5. The lowest BCUT2D eigenvalue weighted by molar-refractivity contribution is -0.136. The van der Waals surface area contributed by atoms with E-state index in [4.69, 9.17) is 16.3 Å². The van der Waals surface area contributed by atoms with Crippen molar-refractivity contribution in [1.82, 2.24) is 4.57 Å². The zero-order chi connectivity index (χ0) is 21.4. The minimum atomic E-state index is -0.706. The Morgan fingerprint density at radius 3 is 2.53 bits per heavy atom. The summed E-state index contributed by atoms with van der Waals surface area (Å²) in [4.78, 5) is 31.1. The molecule has 0 aliphatic carbocycles. The van der Waals surface area contributed by atoms with E-state index in [1.807, 2.05) is 49.4 Å². The maximum Gasteiger partial charge on any atom is 0.338 e. The van der Waals surface area contributed by atoms with Gasteiger partial charge in [-0.25, -0.2) is 9.79 Å². The molecule has 0 N–H and O–H groups in total. The number of carbonyl (C=O) groups is 1. The third kappa shape index (κ3) is 3.53. The predicted octanol–water partition coefficient (Wildman–Crippen LogP) is 3.37. The lowest BCUT2D eigenvalue weighted by Crippen LogP contribution is -2.39. The van der Waals surface area contributed by atoms with E-state index < -0.39 is 12.0 Å². The normalized spacial score (nSPS) is 16.3. The summed E-state index contributed by atoms with van der Waals surface area (Å²) < 4.78 is 7.07. The summed E-state index contributed by atoms with van der Waals surface area (Å²) in [6.07, 6.45) is 1.84. The van der Waals surface area contributed by atoms with Crippen molar-refractivity contribution in [3.63, 3.8) is 0 Å². The Bertz CT molecular complexity index is 1350. The molecule has 30 heavy (non-hydrogen) atoms. The van der Waals surface area contributed by atoms with E-state index in [1.165, 1.54) is 23.0 Å². The highest BCUT2D eigenvalue weighted by molar-refractivity contribution is 7.07. The minimum absolute atomic E-state index is 0.224. The van der Waals surface area contributed by atoms with Gasteiger partial charge in [-0.05, 0) is 37.1 Å². The number of aromatic nitrogens is 1. The smallest absolute Gasteiger partial charge is 0.338 e. The number of nitrogens with zero attached hydrogens (tertiary/aromatic N) is 2. The molecule has 0 saturated heterocycles. The maximum atomic E-state index is 13.4. The first kappa shape index (κ1) is 20.3. The summed E-state index contributed by atoms with van der Waals surface area (Å²) in [6.45, 7) is 3.76. The number of halogens is 1. The molecule has 1 aliphatic heterocycles. The van der Waals surface area contributed by atoms with E-state index in [9.17, 15) is 9.59 Å². The van der Waals surface area contributed by atoms with Crippen LogP contribution >= 0.6 is 22.9 Å². The Hall–Kier alpha value is -2.96. The predicted molar refractivity (Wildman–Crippen MR) is 118 cm³/mol. The lowest BCUT2D eigenvalue weighted by atomic mass is 9.96. The van der Waals surface area contributed by atoms with Crippen LogP contribution in [-0.4, -0.2) is 17.6 Å². The Balaban J connectivity index is 2.00. The van der Waals surface area contributed by atoms with Gasteiger partial charge in [-0.1, -0.05) is 71.0 Å². The second-order valence-corrected chi connectivity index (χ2v) is 8.42. The van der Waals surface area contributed by atoms with Crippen molar-refractivity contribution in [2.24, 2.45) is 4.99 Å². The number of hydrogen-bond donors (Lipinski definition) is 0. The topological polar surface area (TPSA) is 60.7 Å². The number of allylic oxidation sites excluding steroid dienone is 1. The summed E-state index contributed by atoms with van der Waals surface area (Å²) in [6, 6.07) is 14.4. The fraction of sp³-hybridized carbons (Fsp3) is 0.174. The van der Waals surface area contributed by atoms with Gasteiger partial charge in [0.15, 0.2) is 4.80 Å². The number of methoxy groups -OCH3 is 1. The summed E-state index contributed by atoms with van der Waals surface area (Å²) in [5.74, 6) is -0.533. The standard InChI is InChI=1S/C23H19ClN2O3S/c1-13-8-10-15(11-9-13)12-18-21(27)26-20(16-6-4-5-7-17(16)24)19(22(28)29-3)14(2)25-23(26)30-18/h4-12,20H,1-3H3/b18-12+/t20-/m0/s1. The van der Waals surface area contributed by atoms with Gasteiger partial charge >= 0.3 is 5.97 Å². The van der Waals surface area contributed by atoms with E-state index >= 15 is 0 Å². The summed E-state index contributed by atoms with van der Waals surface area (Å²) in [7, 11) is 1.31. The number of esters is 1. The SMILES string of the molecule is COC(=O)C1=C(C)N=c2s/c(=C/c3ccc(C)cc3)c(=O)n2[C@H]1c1ccccc1Cl. The van der Waals surface area contributed by atoms with Gasteiger partial charge in [0.25, 0.3) is 5.56 Å². The maximum absolute atomic E-state index is 13.4. The monoisotopic (exact) mass is 438 g/mol. The van der Waals surface area contributed by atoms with Gasteiger partial charge in [0.1, 0.15) is 6.04 Å². The summed E-state index contributed by atoms with van der Waals surface area (Å²) in [5.41, 5.74) is 3.31. The molecule has 0 spiro atoms. The molecule has 3 aromatic rings. The molecule has 4 rings (SSSR count). The molecule has 0 unspecified atom stereocenters. The van der Waals surface area contributed by atoms with Crippen molar-refractivity contribution in [3.8, 4) is 0 Å². The fourth-order valence-electron chi connectivity index (χ4n) is 3.50. The third-order valence-electron chi connectivity index (χ3n) is 5.00. The average Bonchev–Trinajstić information content (AvgIpc) is 3.03. The van der Waals surface area contributed by atoms with E-state index in [1.54, 1.807) is 19.1 Å². The van der Waals surface area contributed by atoms with E-state index in [-0.39, 0.29) is 5.56 Å². The molecule has 0 bridgehead atoms. The molecule has 2 heterocycles. The quantitative estimate of drug-likeness (QED) is 0.589. The van der Waals surface area contributed by atoms with Gasteiger partial charge in [-0.15, -0.1) is 0 Å². The second kappa shape index (κ2) is 8.05. The highest BCUT2D eigenvalue weighted by Crippen LogP contribution is 2.34. The Morgan fingerprint density at radius 2 is 1.87 bits per heavy atom. The van der Waals surface area contributed by atoms with Crippen LogP contribution in [0.2, 0.25) is 5.02 Å². The first-order chi connectivity index (χ1) is 14.4. The largest absolute Gasteiger partial charge is 0.466 e. The molecule has 1 atom stereocenters. The first-order valence-electron chi connectivity index (χ1n) is 9.32. The van der Waals surface area contributed by atoms with Crippen LogP contribution in [0.25, 0.3) is 6.08 Å². The van der Waals surface area contributed by atoms with Gasteiger partial charge in [-0.3, -0.25) is 9.36 Å². The zero-order valence-corrected chi connectivity index (χ0v) is 18.3. The third-order valence-corrected chi connectivity index (χ3v) is 6.33. The summed E-state index contributed by atoms with van der Waals surface area (Å²) in [5, 5.41) is 0.465. The van der Waals surface area contributed by atoms with Crippen LogP contribution in [-0.2, 0) is 9.53 Å². The van der Waals surface area contributed by atoms with Crippen LogP contribution in [0.5, 0.6) is 0 Å². The molecule has 0 amide bonds. The lowest BCUT2D eigenvalue weighted by Gasteiger charge is -2.25. The van der Waals surface area contributed by atoms with Crippen LogP contribution in [0, 0.1) is 6.92 Å². The number of benzene rings is 2. The molecule has 2 aromatic carbocycles. The highest BCUT2D eigenvalue weighted by atomic mass is 35.5. The number of ether oxygens (including phenoxy) is 1. The Labute approximate surface area is 182 Å².